The van der Waals surface area contributed by atoms with Gasteiger partial charge >= 0.3 is 0 Å². The lowest BCUT2D eigenvalue weighted by Crippen LogP contribution is -2.35. The zero-order chi connectivity index (χ0) is 6.91. The monoisotopic (exact) mass is 125 g/mol. The molecule has 0 saturated heterocycles. The lowest BCUT2D eigenvalue weighted by Gasteiger charge is -2.19. The summed E-state index contributed by atoms with van der Waals surface area (Å²) >= 11 is 0. The van der Waals surface area contributed by atoms with Gasteiger partial charge in [0.25, 0.3) is 0 Å². The molecule has 1 heterocycles. The van der Waals surface area contributed by atoms with Crippen molar-refractivity contribution < 1.29 is 0 Å². The number of nitrogens with two attached hydrogens (primary N) is 1. The molecule has 0 spiro atoms. The Bertz CT molecular complexity index is 171. The summed E-state index contributed by atoms with van der Waals surface area (Å²) in [5.41, 5.74) is 5.40. The maximum Gasteiger partial charge on any atom is 0.0961 e. The van der Waals surface area contributed by atoms with E-state index in [1.165, 1.54) is 0 Å². The normalized spacial score (nSPS) is 11.9. The second-order valence-electron chi connectivity index (χ2n) is 2.62. The third-order valence-corrected chi connectivity index (χ3v) is 1.17. The molecular formula is C6H11N3. The Morgan fingerprint density at radius 3 is 2.44 bits per heavy atom. The molecule has 0 aliphatic rings. The first-order valence-corrected chi connectivity index (χ1v) is 2.88. The third kappa shape index (κ3) is 1.29. The van der Waals surface area contributed by atoms with Gasteiger partial charge in [-0.05, 0) is 13.8 Å². The van der Waals surface area contributed by atoms with Gasteiger partial charge < -0.3 is 10.3 Å². The average Bonchev–Trinajstić information content (AvgIpc) is 2.08. The van der Waals surface area contributed by atoms with Crippen molar-refractivity contribution in [2.45, 2.75) is 19.5 Å². The van der Waals surface area contributed by atoms with Crippen molar-refractivity contribution in [3.8, 4) is 0 Å². The second kappa shape index (κ2) is 1.84. The summed E-state index contributed by atoms with van der Waals surface area (Å²) in [6.07, 6.45) is 5.27. The molecule has 2 N–H and O–H groups in total. The first-order chi connectivity index (χ1) is 4.11. The van der Waals surface area contributed by atoms with Gasteiger partial charge in [-0.3, -0.25) is 0 Å². The summed E-state index contributed by atoms with van der Waals surface area (Å²) in [5.74, 6) is 0. The smallest absolute Gasteiger partial charge is 0.0961 e. The maximum atomic E-state index is 5.72. The molecule has 0 fully saturated rings. The van der Waals surface area contributed by atoms with Crippen molar-refractivity contribution in [1.82, 2.24) is 9.55 Å². The predicted molar refractivity (Wildman–Crippen MR) is 35.7 cm³/mol. The molecule has 9 heavy (non-hydrogen) atoms. The van der Waals surface area contributed by atoms with Crippen molar-refractivity contribution in [3.05, 3.63) is 18.7 Å². The zero-order valence-electron chi connectivity index (χ0n) is 5.70. The molecule has 0 aliphatic carbocycles. The molecule has 3 nitrogen and oxygen atoms in total. The van der Waals surface area contributed by atoms with Crippen LogP contribution in [0.25, 0.3) is 0 Å². The van der Waals surface area contributed by atoms with Crippen LogP contribution >= 0.6 is 0 Å². The van der Waals surface area contributed by atoms with Gasteiger partial charge in [0.05, 0.1) is 12.0 Å². The van der Waals surface area contributed by atoms with Crippen molar-refractivity contribution >= 4 is 0 Å². The summed E-state index contributed by atoms with van der Waals surface area (Å²) in [5, 5.41) is 0. The Hall–Kier alpha value is -0.830. The van der Waals surface area contributed by atoms with Crippen LogP contribution < -0.4 is 5.73 Å². The van der Waals surface area contributed by atoms with E-state index in [-0.39, 0.29) is 5.66 Å². The molecule has 3 heteroatoms. The minimum absolute atomic E-state index is 0.323. The Balaban J connectivity index is 2.90. The van der Waals surface area contributed by atoms with E-state index < -0.39 is 0 Å². The first kappa shape index (κ1) is 6.29. The van der Waals surface area contributed by atoms with Gasteiger partial charge in [-0.2, -0.15) is 0 Å². The Labute approximate surface area is 54.5 Å². The maximum absolute atomic E-state index is 5.72. The van der Waals surface area contributed by atoms with Crippen molar-refractivity contribution in [2.24, 2.45) is 5.73 Å². The standard InChI is InChI=1S/C6H11N3/c1-6(2,7)9-4-3-8-5-9/h3-5H,7H2,1-2H3. The quantitative estimate of drug-likeness (QED) is 0.595. The van der Waals surface area contributed by atoms with Crippen LogP contribution in [0.15, 0.2) is 18.7 Å². The first-order valence-electron chi connectivity index (χ1n) is 2.88. The number of rotatable bonds is 1. The molecule has 0 unspecified atom stereocenters. The molecule has 0 saturated carbocycles. The molecule has 0 amide bonds. The Morgan fingerprint density at radius 2 is 2.22 bits per heavy atom. The van der Waals surface area contributed by atoms with Gasteiger partial charge in [0.1, 0.15) is 0 Å². The topological polar surface area (TPSA) is 43.8 Å². The minimum Gasteiger partial charge on any atom is -0.320 e. The summed E-state index contributed by atoms with van der Waals surface area (Å²) in [6, 6.07) is 0. The van der Waals surface area contributed by atoms with Gasteiger partial charge in [0.15, 0.2) is 0 Å². The van der Waals surface area contributed by atoms with Crippen LogP contribution in [0.1, 0.15) is 13.8 Å². The molecule has 1 rings (SSSR count). The molecule has 1 aromatic rings. The van der Waals surface area contributed by atoms with E-state index in [4.69, 9.17) is 5.73 Å². The summed E-state index contributed by atoms with van der Waals surface area (Å²) in [6.45, 7) is 3.85. The molecule has 50 valence electrons. The van der Waals surface area contributed by atoms with E-state index in [0.717, 1.165) is 0 Å². The molecule has 0 bridgehead atoms. The Kier molecular flexibility index (Phi) is 1.29. The van der Waals surface area contributed by atoms with Crippen molar-refractivity contribution in [1.29, 1.82) is 0 Å². The minimum atomic E-state index is -0.323. The van der Waals surface area contributed by atoms with Gasteiger partial charge in [0, 0.05) is 12.4 Å². The molecule has 0 aliphatic heterocycles. The summed E-state index contributed by atoms with van der Waals surface area (Å²) in [7, 11) is 0. The highest BCUT2D eigenvalue weighted by Gasteiger charge is 2.10. The summed E-state index contributed by atoms with van der Waals surface area (Å²) < 4.78 is 1.85. The number of aromatic nitrogens is 2. The lowest BCUT2D eigenvalue weighted by atomic mass is 10.3. The van der Waals surface area contributed by atoms with Crippen LogP contribution in [-0.4, -0.2) is 9.55 Å². The highest BCUT2D eigenvalue weighted by atomic mass is 15.2. The molecule has 0 atom stereocenters. The van der Waals surface area contributed by atoms with Crippen LogP contribution in [0.3, 0.4) is 0 Å². The van der Waals surface area contributed by atoms with Gasteiger partial charge in [-0.15, -0.1) is 0 Å². The third-order valence-electron chi connectivity index (χ3n) is 1.17. The van der Waals surface area contributed by atoms with Crippen LogP contribution in [0.4, 0.5) is 0 Å². The number of hydrogen-bond acceptors (Lipinski definition) is 2. The second-order valence-corrected chi connectivity index (χ2v) is 2.62. The highest BCUT2D eigenvalue weighted by Crippen LogP contribution is 2.03. The fourth-order valence-corrected chi connectivity index (χ4v) is 0.600. The largest absolute Gasteiger partial charge is 0.320 e. The van der Waals surface area contributed by atoms with E-state index >= 15 is 0 Å². The molecule has 0 radical (unpaired) electrons. The number of hydrogen-bond donors (Lipinski definition) is 1. The summed E-state index contributed by atoms with van der Waals surface area (Å²) in [4.78, 5) is 3.87. The van der Waals surface area contributed by atoms with E-state index in [0.29, 0.717) is 0 Å². The number of imidazole rings is 1. The molecular weight excluding hydrogens is 114 g/mol. The zero-order valence-corrected chi connectivity index (χ0v) is 5.70. The van der Waals surface area contributed by atoms with Crippen LogP contribution in [0.5, 0.6) is 0 Å². The average molecular weight is 125 g/mol. The van der Waals surface area contributed by atoms with Crippen molar-refractivity contribution in [3.63, 3.8) is 0 Å². The van der Waals surface area contributed by atoms with E-state index in [1.54, 1.807) is 12.5 Å². The molecule has 0 aromatic carbocycles. The van der Waals surface area contributed by atoms with Gasteiger partial charge in [0.2, 0.25) is 0 Å². The Morgan fingerprint density at radius 1 is 1.56 bits per heavy atom. The lowest BCUT2D eigenvalue weighted by molar-refractivity contribution is 0.371. The fraction of sp³-hybridized carbons (Fsp3) is 0.500. The van der Waals surface area contributed by atoms with Crippen LogP contribution in [0.2, 0.25) is 0 Å². The predicted octanol–water partition coefficient (Wildman–Crippen LogP) is 0.534. The van der Waals surface area contributed by atoms with E-state index in [1.807, 2.05) is 24.6 Å². The molecule has 1 aromatic heterocycles. The van der Waals surface area contributed by atoms with Gasteiger partial charge in [-0.25, -0.2) is 4.98 Å². The van der Waals surface area contributed by atoms with Gasteiger partial charge in [-0.1, -0.05) is 0 Å². The highest BCUT2D eigenvalue weighted by molar-refractivity contribution is 4.81. The van der Waals surface area contributed by atoms with Crippen LogP contribution in [-0.2, 0) is 5.66 Å². The van der Waals surface area contributed by atoms with Crippen molar-refractivity contribution in [2.75, 3.05) is 0 Å². The van der Waals surface area contributed by atoms with E-state index in [2.05, 4.69) is 4.98 Å². The SMILES string of the molecule is CC(C)(N)n1ccnc1. The number of nitrogens with zero attached hydrogens (tertiary/aromatic N) is 2. The van der Waals surface area contributed by atoms with Crippen LogP contribution in [0, 0.1) is 0 Å². The van der Waals surface area contributed by atoms with E-state index in [9.17, 15) is 0 Å². The fourth-order valence-electron chi connectivity index (χ4n) is 0.600.